The first-order chi connectivity index (χ1) is 15.9. The van der Waals surface area contributed by atoms with Gasteiger partial charge < -0.3 is 20.1 Å². The number of carbonyl (C=O) groups excluding carboxylic acids is 1. The summed E-state index contributed by atoms with van der Waals surface area (Å²) in [5.74, 6) is 3.64. The van der Waals surface area contributed by atoms with Gasteiger partial charge in [-0.1, -0.05) is 66.5 Å². The Morgan fingerprint density at radius 1 is 1.12 bits per heavy atom. The van der Waals surface area contributed by atoms with E-state index in [1.807, 2.05) is 30.3 Å². The number of rotatable bonds is 9. The molecule has 0 aliphatic carbocycles. The van der Waals surface area contributed by atoms with Crippen molar-refractivity contribution in [2.24, 2.45) is 0 Å². The van der Waals surface area contributed by atoms with Crippen molar-refractivity contribution in [2.75, 3.05) is 24.8 Å². The number of carboxylic acids is 1. The number of aryl methyl sites for hydroxylation is 1. The smallest absolute Gasteiger partial charge is 0.329 e. The lowest BCUT2D eigenvalue weighted by Crippen LogP contribution is -2.40. The maximum atomic E-state index is 12.4. The molecule has 2 aromatic rings. The summed E-state index contributed by atoms with van der Waals surface area (Å²) in [6.07, 6.45) is -0.802. The van der Waals surface area contributed by atoms with Gasteiger partial charge in [0.2, 0.25) is 0 Å². The zero-order valence-corrected chi connectivity index (χ0v) is 18.6. The van der Waals surface area contributed by atoms with Crippen LogP contribution in [0.3, 0.4) is 0 Å². The molecule has 8 nitrogen and oxygen atoms in total. The first-order valence-electron chi connectivity index (χ1n) is 10.3. The molecule has 1 saturated heterocycles. The number of aliphatic hydroxyl groups is 2. The third kappa shape index (κ3) is 6.37. The number of carboxylic acid groups (broad SMARTS) is 1. The van der Waals surface area contributed by atoms with Gasteiger partial charge >= 0.3 is 5.97 Å². The van der Waals surface area contributed by atoms with Gasteiger partial charge in [0.05, 0.1) is 11.8 Å². The largest absolute Gasteiger partial charge is 0.480 e. The minimum absolute atomic E-state index is 0.0290. The average molecular weight is 469 g/mol. The third-order valence-corrected chi connectivity index (χ3v) is 5.39. The number of hydrogen-bond donors (Lipinski definition) is 3. The van der Waals surface area contributed by atoms with E-state index in [0.29, 0.717) is 12.1 Å². The van der Waals surface area contributed by atoms with Crippen LogP contribution in [0.2, 0.25) is 0 Å². The van der Waals surface area contributed by atoms with E-state index in [0.717, 1.165) is 17.5 Å². The molecular weight excluding hydrogens is 444 g/mol. The second-order valence-electron chi connectivity index (χ2n) is 7.32. The molecule has 33 heavy (non-hydrogen) atoms. The number of amides is 1. The van der Waals surface area contributed by atoms with Crippen molar-refractivity contribution in [3.8, 4) is 11.8 Å². The summed E-state index contributed by atoms with van der Waals surface area (Å²) in [6, 6.07) is 16.9. The Bertz CT molecular complexity index is 1050. The second-order valence-corrected chi connectivity index (χ2v) is 7.74. The molecule has 2 unspecified atom stereocenters. The van der Waals surface area contributed by atoms with Crippen LogP contribution in [-0.2, 0) is 20.7 Å². The first kappa shape index (κ1) is 24.4. The molecular formula is C24H24N2O6S. The number of ether oxygens (including phenoxy) is 1. The summed E-state index contributed by atoms with van der Waals surface area (Å²) in [5, 5.41) is 31.8. The van der Waals surface area contributed by atoms with Crippen LogP contribution in [0.5, 0.6) is 0 Å². The Morgan fingerprint density at radius 3 is 2.48 bits per heavy atom. The number of aliphatic carboxylic acids is 1. The molecule has 3 rings (SSSR count). The predicted molar refractivity (Wildman–Crippen MR) is 125 cm³/mol. The molecule has 0 bridgehead atoms. The monoisotopic (exact) mass is 468 g/mol. The second kappa shape index (κ2) is 11.5. The standard InChI is InChI=1S/C24H24N2O6S/c27-20(13-8-17-6-2-1-3-7-17)18-9-11-19(12-10-18)26-24(33)22(30)23(31)25(26)14-4-5-15-32-16-21(28)29/h1-3,6-7,9-12,20,22,27,30H,8,13-16H2,(H,28,29). The SMILES string of the molecule is O=C(O)COCC#CCN1C(=O)C(O)C(=S)N1c1ccc(C(O)CCc2ccccc2)cc1. The van der Waals surface area contributed by atoms with E-state index >= 15 is 0 Å². The molecule has 1 amide bonds. The van der Waals surface area contributed by atoms with Gasteiger partial charge in [-0.2, -0.15) is 0 Å². The van der Waals surface area contributed by atoms with Gasteiger partial charge in [-0.25, -0.2) is 14.8 Å². The van der Waals surface area contributed by atoms with Crippen LogP contribution in [0.25, 0.3) is 0 Å². The number of hydrazine groups is 1. The summed E-state index contributed by atoms with van der Waals surface area (Å²) in [6.45, 7) is -0.624. The van der Waals surface area contributed by atoms with E-state index in [9.17, 15) is 19.8 Å². The van der Waals surface area contributed by atoms with Crippen molar-refractivity contribution in [3.05, 3.63) is 65.7 Å². The highest BCUT2D eigenvalue weighted by atomic mass is 32.1. The van der Waals surface area contributed by atoms with Crippen molar-refractivity contribution in [2.45, 2.75) is 25.0 Å². The van der Waals surface area contributed by atoms with Crippen molar-refractivity contribution < 1.29 is 29.6 Å². The molecule has 1 aliphatic rings. The van der Waals surface area contributed by atoms with Gasteiger partial charge in [-0.05, 0) is 36.1 Å². The quantitative estimate of drug-likeness (QED) is 0.290. The summed E-state index contributed by atoms with van der Waals surface area (Å²) in [7, 11) is 0. The van der Waals surface area contributed by atoms with E-state index < -0.39 is 30.7 Å². The topological polar surface area (TPSA) is 111 Å². The summed E-state index contributed by atoms with van der Waals surface area (Å²) >= 11 is 5.25. The van der Waals surface area contributed by atoms with E-state index in [1.165, 1.54) is 10.0 Å². The Morgan fingerprint density at radius 2 is 1.82 bits per heavy atom. The van der Waals surface area contributed by atoms with Crippen molar-refractivity contribution >= 4 is 34.8 Å². The molecule has 9 heteroatoms. The predicted octanol–water partition coefficient (Wildman–Crippen LogP) is 1.71. The fraction of sp³-hybridized carbons (Fsp3) is 0.292. The van der Waals surface area contributed by atoms with Gasteiger partial charge in [0.25, 0.3) is 5.91 Å². The van der Waals surface area contributed by atoms with E-state index in [4.69, 9.17) is 22.1 Å². The molecule has 172 valence electrons. The third-order valence-electron chi connectivity index (χ3n) is 5.00. The van der Waals surface area contributed by atoms with E-state index in [-0.39, 0.29) is 18.1 Å². The van der Waals surface area contributed by atoms with E-state index in [1.54, 1.807) is 24.3 Å². The molecule has 0 spiro atoms. The lowest BCUT2D eigenvalue weighted by Gasteiger charge is -2.27. The molecule has 1 heterocycles. The molecule has 2 atom stereocenters. The van der Waals surface area contributed by atoms with Gasteiger partial charge in [-0.3, -0.25) is 4.79 Å². The number of nitrogens with zero attached hydrogens (tertiary/aromatic N) is 2. The molecule has 0 aromatic heterocycles. The summed E-state index contributed by atoms with van der Waals surface area (Å²) < 4.78 is 4.83. The molecule has 0 radical (unpaired) electrons. The van der Waals surface area contributed by atoms with Crippen molar-refractivity contribution in [1.82, 2.24) is 5.01 Å². The van der Waals surface area contributed by atoms with Crippen LogP contribution < -0.4 is 5.01 Å². The summed E-state index contributed by atoms with van der Waals surface area (Å²) in [5.41, 5.74) is 2.43. The minimum atomic E-state index is -1.46. The highest BCUT2D eigenvalue weighted by molar-refractivity contribution is 7.80. The van der Waals surface area contributed by atoms with Gasteiger partial charge in [0, 0.05) is 0 Å². The lowest BCUT2D eigenvalue weighted by molar-refractivity contribution is -0.141. The highest BCUT2D eigenvalue weighted by Crippen LogP contribution is 2.27. The Balaban J connectivity index is 1.65. The van der Waals surface area contributed by atoms with Crippen LogP contribution in [0.4, 0.5) is 5.69 Å². The van der Waals surface area contributed by atoms with Crippen LogP contribution in [0, 0.1) is 11.8 Å². The zero-order valence-electron chi connectivity index (χ0n) is 17.8. The van der Waals surface area contributed by atoms with Crippen LogP contribution in [0.15, 0.2) is 54.6 Å². The number of aliphatic hydroxyl groups excluding tert-OH is 2. The maximum Gasteiger partial charge on any atom is 0.329 e. The van der Waals surface area contributed by atoms with Crippen LogP contribution >= 0.6 is 12.2 Å². The normalized spacial score (nSPS) is 16.5. The van der Waals surface area contributed by atoms with Crippen molar-refractivity contribution in [3.63, 3.8) is 0 Å². The molecule has 3 N–H and O–H groups in total. The molecule has 1 aliphatic heterocycles. The van der Waals surface area contributed by atoms with Gasteiger partial charge in [0.1, 0.15) is 24.7 Å². The number of anilines is 1. The number of hydrogen-bond acceptors (Lipinski definition) is 6. The van der Waals surface area contributed by atoms with Crippen LogP contribution in [-0.4, -0.2) is 63.1 Å². The fourth-order valence-corrected chi connectivity index (χ4v) is 3.62. The van der Waals surface area contributed by atoms with Gasteiger partial charge in [0.15, 0.2) is 6.10 Å². The molecule has 0 saturated carbocycles. The highest BCUT2D eigenvalue weighted by Gasteiger charge is 2.41. The van der Waals surface area contributed by atoms with Gasteiger partial charge in [-0.15, -0.1) is 0 Å². The maximum absolute atomic E-state index is 12.4. The zero-order chi connectivity index (χ0) is 23.8. The fourth-order valence-electron chi connectivity index (χ4n) is 3.32. The Kier molecular flexibility index (Phi) is 8.52. The molecule has 2 aromatic carbocycles. The summed E-state index contributed by atoms with van der Waals surface area (Å²) in [4.78, 5) is 22.9. The number of thiocarbonyl (C=S) groups is 1. The van der Waals surface area contributed by atoms with Crippen molar-refractivity contribution in [1.29, 1.82) is 0 Å². The number of carbonyl (C=O) groups is 2. The number of benzene rings is 2. The Labute approximate surface area is 197 Å². The minimum Gasteiger partial charge on any atom is -0.480 e. The van der Waals surface area contributed by atoms with E-state index in [2.05, 4.69) is 11.8 Å². The Hall–Kier alpha value is -3.29. The first-order valence-corrected chi connectivity index (χ1v) is 10.7. The molecule has 1 fully saturated rings. The van der Waals surface area contributed by atoms with Crippen LogP contribution in [0.1, 0.15) is 23.7 Å². The lowest BCUT2D eigenvalue weighted by atomic mass is 10.0. The average Bonchev–Trinajstić information content (AvgIpc) is 3.03.